The number of hydrogen-bond donors (Lipinski definition) is 2. The lowest BCUT2D eigenvalue weighted by atomic mass is 10.0. The molecule has 7 nitrogen and oxygen atoms in total. The largest absolute Gasteiger partial charge is 0.416 e. The highest BCUT2D eigenvalue weighted by molar-refractivity contribution is 6.04. The number of hydrogen-bond acceptors (Lipinski definition) is 5. The molecule has 3 heterocycles. The second-order valence-corrected chi connectivity index (χ2v) is 8.41. The highest BCUT2D eigenvalue weighted by Gasteiger charge is 2.31. The molecule has 0 atom stereocenters. The Morgan fingerprint density at radius 2 is 1.75 bits per heavy atom. The number of pyridine rings is 2. The van der Waals surface area contributed by atoms with E-state index in [0.717, 1.165) is 42.2 Å². The Balaban J connectivity index is 1.67. The predicted molar refractivity (Wildman–Crippen MR) is 134 cm³/mol. The summed E-state index contributed by atoms with van der Waals surface area (Å²) >= 11 is 0. The molecule has 0 spiro atoms. The lowest BCUT2D eigenvalue weighted by molar-refractivity contribution is -0.137. The maximum absolute atomic E-state index is 13.4. The predicted octanol–water partition coefficient (Wildman–Crippen LogP) is 4.59. The minimum absolute atomic E-state index is 0.136. The first-order valence-electron chi connectivity index (χ1n) is 11.3. The van der Waals surface area contributed by atoms with Gasteiger partial charge in [-0.05, 0) is 55.1 Å². The number of anilines is 1. The fourth-order valence-corrected chi connectivity index (χ4v) is 4.22. The van der Waals surface area contributed by atoms with Gasteiger partial charge in [0.15, 0.2) is 0 Å². The summed E-state index contributed by atoms with van der Waals surface area (Å²) in [6.45, 7) is 1.55. The highest BCUT2D eigenvalue weighted by atomic mass is 19.4. The molecule has 0 unspecified atom stereocenters. The van der Waals surface area contributed by atoms with Gasteiger partial charge in [-0.15, -0.1) is 0 Å². The lowest BCUT2D eigenvalue weighted by Gasteiger charge is -2.11. The first kappa shape index (κ1) is 23.6. The van der Waals surface area contributed by atoms with E-state index in [4.69, 9.17) is 0 Å². The average Bonchev–Trinajstić information content (AvgIpc) is 3.14. The van der Waals surface area contributed by atoms with Crippen LogP contribution in [0.25, 0.3) is 38.8 Å². The Morgan fingerprint density at radius 3 is 2.47 bits per heavy atom. The summed E-state index contributed by atoms with van der Waals surface area (Å²) in [5, 5.41) is 6.93. The molecule has 36 heavy (non-hydrogen) atoms. The van der Waals surface area contributed by atoms with E-state index in [-0.39, 0.29) is 5.69 Å². The van der Waals surface area contributed by atoms with Gasteiger partial charge in [-0.25, -0.2) is 9.78 Å². The van der Waals surface area contributed by atoms with Crippen LogP contribution < -0.4 is 16.3 Å². The normalized spacial score (nSPS) is 11.9. The Labute approximate surface area is 204 Å². The third-order valence-electron chi connectivity index (χ3n) is 6.09. The van der Waals surface area contributed by atoms with E-state index < -0.39 is 17.4 Å². The van der Waals surface area contributed by atoms with Crippen LogP contribution in [0.2, 0.25) is 0 Å². The van der Waals surface area contributed by atoms with Crippen LogP contribution in [0.4, 0.5) is 19.0 Å². The molecule has 2 N–H and O–H groups in total. The smallest absolute Gasteiger partial charge is 0.369 e. The van der Waals surface area contributed by atoms with Crippen molar-refractivity contribution in [3.05, 3.63) is 83.0 Å². The number of imidazole rings is 1. The van der Waals surface area contributed by atoms with Crippen molar-refractivity contribution in [1.29, 1.82) is 0 Å². The molecule has 0 saturated heterocycles. The maximum atomic E-state index is 13.4. The van der Waals surface area contributed by atoms with Gasteiger partial charge in [0.05, 0.1) is 34.0 Å². The number of benzene rings is 2. The zero-order valence-electron chi connectivity index (χ0n) is 19.6. The van der Waals surface area contributed by atoms with Gasteiger partial charge < -0.3 is 10.6 Å². The average molecular weight is 493 g/mol. The number of halogens is 3. The van der Waals surface area contributed by atoms with Crippen molar-refractivity contribution >= 4 is 27.8 Å². The molecule has 0 aliphatic heterocycles. The standard InChI is InChI=1S/C26H23F3N6O/c1-30-10-11-31-23-9-7-17(14-33-23)16-6-8-21-20(12-16)24-22(15-32-21)34(2)25(36)35(24)19-5-3-4-18(13-19)26(27,28)29/h3-9,12-15,30H,10-11H2,1-2H3,(H,31,33). The molecule has 0 fully saturated rings. The van der Waals surface area contributed by atoms with E-state index in [1.54, 1.807) is 19.4 Å². The molecule has 5 aromatic rings. The SMILES string of the molecule is CNCCNc1ccc(-c2ccc3ncc4c(c3c2)n(-c2cccc(C(F)(F)F)c2)c(=O)n4C)cn1. The summed E-state index contributed by atoms with van der Waals surface area (Å²) in [6, 6.07) is 14.2. The molecule has 0 bridgehead atoms. The van der Waals surface area contributed by atoms with Crippen molar-refractivity contribution < 1.29 is 13.2 Å². The monoisotopic (exact) mass is 492 g/mol. The third kappa shape index (κ3) is 4.20. The third-order valence-corrected chi connectivity index (χ3v) is 6.09. The Bertz CT molecular complexity index is 1620. The summed E-state index contributed by atoms with van der Waals surface area (Å²) < 4.78 is 42.9. The van der Waals surface area contributed by atoms with E-state index in [0.29, 0.717) is 21.9 Å². The molecule has 0 amide bonds. The number of nitrogens with one attached hydrogen (secondary N) is 2. The molecule has 0 aliphatic carbocycles. The van der Waals surface area contributed by atoms with Crippen LogP contribution in [0, 0.1) is 0 Å². The minimum atomic E-state index is -4.53. The van der Waals surface area contributed by atoms with E-state index in [1.165, 1.54) is 21.3 Å². The number of fused-ring (bicyclic) bond motifs is 3. The number of nitrogens with zero attached hydrogens (tertiary/aromatic N) is 4. The number of aromatic nitrogens is 4. The van der Waals surface area contributed by atoms with Gasteiger partial charge in [0, 0.05) is 37.3 Å². The second-order valence-electron chi connectivity index (χ2n) is 8.41. The highest BCUT2D eigenvalue weighted by Crippen LogP contribution is 2.33. The summed E-state index contributed by atoms with van der Waals surface area (Å²) in [4.78, 5) is 22.1. The first-order valence-corrected chi connectivity index (χ1v) is 11.3. The Morgan fingerprint density at radius 1 is 0.944 bits per heavy atom. The summed E-state index contributed by atoms with van der Waals surface area (Å²) in [6.07, 6.45) is -1.21. The molecule has 0 radical (unpaired) electrons. The van der Waals surface area contributed by atoms with E-state index >= 15 is 0 Å². The van der Waals surface area contributed by atoms with Crippen molar-refractivity contribution in [1.82, 2.24) is 24.4 Å². The van der Waals surface area contributed by atoms with Crippen molar-refractivity contribution in [3.8, 4) is 16.8 Å². The zero-order valence-corrected chi connectivity index (χ0v) is 19.6. The second kappa shape index (κ2) is 9.12. The van der Waals surface area contributed by atoms with E-state index in [1.807, 2.05) is 37.4 Å². The molecule has 10 heteroatoms. The van der Waals surface area contributed by atoms with Crippen molar-refractivity contribution in [2.75, 3.05) is 25.5 Å². The maximum Gasteiger partial charge on any atom is 0.416 e. The number of rotatable bonds is 6. The van der Waals surface area contributed by atoms with Gasteiger partial charge in [-0.3, -0.25) is 14.1 Å². The summed E-state index contributed by atoms with van der Waals surface area (Å²) in [5.41, 5.74) is 2.19. The fourth-order valence-electron chi connectivity index (χ4n) is 4.22. The molecule has 0 saturated carbocycles. The number of aryl methyl sites for hydroxylation is 1. The Hall–Kier alpha value is -4.18. The van der Waals surface area contributed by atoms with Crippen molar-refractivity contribution in [2.45, 2.75) is 6.18 Å². The minimum Gasteiger partial charge on any atom is -0.369 e. The van der Waals surface area contributed by atoms with Gasteiger partial charge >= 0.3 is 11.9 Å². The van der Waals surface area contributed by atoms with Crippen LogP contribution in [0.1, 0.15) is 5.56 Å². The zero-order chi connectivity index (χ0) is 25.4. The van der Waals surface area contributed by atoms with E-state index in [2.05, 4.69) is 20.6 Å². The molecular formula is C26H23F3N6O. The lowest BCUT2D eigenvalue weighted by Crippen LogP contribution is -2.21. The molecular weight excluding hydrogens is 469 g/mol. The first-order chi connectivity index (χ1) is 17.3. The van der Waals surface area contributed by atoms with Crippen LogP contribution in [-0.4, -0.2) is 39.2 Å². The summed E-state index contributed by atoms with van der Waals surface area (Å²) in [5.74, 6) is 0.750. The van der Waals surface area contributed by atoms with Gasteiger partial charge in [-0.2, -0.15) is 13.2 Å². The molecule has 184 valence electrons. The summed E-state index contributed by atoms with van der Waals surface area (Å²) in [7, 11) is 3.46. The van der Waals surface area contributed by atoms with Crippen LogP contribution in [0.5, 0.6) is 0 Å². The quantitative estimate of drug-likeness (QED) is 0.339. The molecule has 5 rings (SSSR count). The fraction of sp³-hybridized carbons (Fsp3) is 0.192. The molecule has 2 aromatic carbocycles. The van der Waals surface area contributed by atoms with Crippen molar-refractivity contribution in [2.24, 2.45) is 7.05 Å². The van der Waals surface area contributed by atoms with Crippen molar-refractivity contribution in [3.63, 3.8) is 0 Å². The van der Waals surface area contributed by atoms with Gasteiger partial charge in [0.25, 0.3) is 0 Å². The molecule has 0 aliphatic rings. The van der Waals surface area contributed by atoms with E-state index in [9.17, 15) is 18.0 Å². The van der Waals surface area contributed by atoms with Crippen LogP contribution in [-0.2, 0) is 13.2 Å². The van der Waals surface area contributed by atoms with Crippen LogP contribution in [0.15, 0.2) is 71.8 Å². The number of likely N-dealkylation sites (N-methyl/N-ethyl adjacent to an activating group) is 1. The van der Waals surface area contributed by atoms with Gasteiger partial charge in [0.1, 0.15) is 5.82 Å². The Kier molecular flexibility index (Phi) is 5.97. The van der Waals surface area contributed by atoms with Gasteiger partial charge in [0.2, 0.25) is 0 Å². The van der Waals surface area contributed by atoms with Crippen LogP contribution in [0.3, 0.4) is 0 Å². The van der Waals surface area contributed by atoms with Gasteiger partial charge in [-0.1, -0.05) is 12.1 Å². The number of alkyl halides is 3. The molecule has 3 aromatic heterocycles. The van der Waals surface area contributed by atoms with Crippen LogP contribution >= 0.6 is 0 Å². The topological polar surface area (TPSA) is 76.8 Å².